The number of hydrogen-bond donors (Lipinski definition) is 0. The van der Waals surface area contributed by atoms with Crippen LogP contribution in [-0.4, -0.2) is 37.7 Å². The van der Waals surface area contributed by atoms with Gasteiger partial charge in [0.05, 0.1) is 0 Å². The van der Waals surface area contributed by atoms with Crippen molar-refractivity contribution in [2.75, 3.05) is 32.8 Å². The van der Waals surface area contributed by atoms with Gasteiger partial charge in [0, 0.05) is 19.8 Å². The van der Waals surface area contributed by atoms with E-state index in [0.29, 0.717) is 5.92 Å². The Kier molecular flexibility index (Phi) is 7.10. The van der Waals surface area contributed by atoms with E-state index >= 15 is 0 Å². The number of nitrogens with zero attached hydrogens (tertiary/aromatic N) is 1. The number of benzene rings is 1. The molecule has 0 N–H and O–H groups in total. The highest BCUT2D eigenvalue weighted by Crippen LogP contribution is 2.24. The van der Waals surface area contributed by atoms with Gasteiger partial charge in [0.25, 0.3) is 0 Å². The Morgan fingerprint density at radius 1 is 1.10 bits per heavy atom. The summed E-state index contributed by atoms with van der Waals surface area (Å²) in [6, 6.07) is 11.0. The Hall–Kier alpha value is -0.860. The second-order valence-corrected chi connectivity index (χ2v) is 5.81. The maximum Gasteiger partial charge on any atom is 0.0466 e. The van der Waals surface area contributed by atoms with Gasteiger partial charge in [-0.15, -0.1) is 0 Å². The maximum absolute atomic E-state index is 5.50. The minimum Gasteiger partial charge on any atom is -0.382 e. The monoisotopic (exact) mass is 275 g/mol. The summed E-state index contributed by atoms with van der Waals surface area (Å²) in [5.74, 6) is 0.662. The molecule has 2 rings (SSSR count). The molecule has 0 unspecified atom stereocenters. The third-order valence-corrected chi connectivity index (χ3v) is 4.24. The summed E-state index contributed by atoms with van der Waals surface area (Å²) in [6.07, 6.45) is 6.57. The first-order valence-electron chi connectivity index (χ1n) is 8.25. The molecule has 1 aliphatic rings. The number of rotatable bonds is 8. The third kappa shape index (κ3) is 5.26. The van der Waals surface area contributed by atoms with Crippen molar-refractivity contribution >= 4 is 0 Å². The van der Waals surface area contributed by atoms with Gasteiger partial charge in [-0.05, 0) is 57.2 Å². The fraction of sp³-hybridized carbons (Fsp3) is 0.667. The van der Waals surface area contributed by atoms with Crippen molar-refractivity contribution in [3.8, 4) is 0 Å². The van der Waals surface area contributed by atoms with Crippen molar-refractivity contribution in [3.05, 3.63) is 35.9 Å². The fourth-order valence-corrected chi connectivity index (χ4v) is 3.12. The van der Waals surface area contributed by atoms with E-state index in [2.05, 4.69) is 42.2 Å². The Labute approximate surface area is 124 Å². The van der Waals surface area contributed by atoms with Crippen LogP contribution in [0, 0.1) is 0 Å². The van der Waals surface area contributed by atoms with E-state index in [1.165, 1.54) is 57.3 Å². The highest BCUT2D eigenvalue weighted by molar-refractivity contribution is 5.19. The number of likely N-dealkylation sites (tertiary alicyclic amines) is 1. The minimum atomic E-state index is 0.662. The number of piperidine rings is 1. The second kappa shape index (κ2) is 9.15. The maximum atomic E-state index is 5.50. The number of hydrogen-bond acceptors (Lipinski definition) is 2. The highest BCUT2D eigenvalue weighted by atomic mass is 16.5. The van der Waals surface area contributed by atoms with Gasteiger partial charge >= 0.3 is 0 Å². The minimum absolute atomic E-state index is 0.662. The zero-order chi connectivity index (χ0) is 14.0. The topological polar surface area (TPSA) is 12.5 Å². The lowest BCUT2D eigenvalue weighted by atomic mass is 9.93. The first-order chi connectivity index (χ1) is 9.90. The highest BCUT2D eigenvalue weighted by Gasteiger charge is 2.17. The van der Waals surface area contributed by atoms with Crippen molar-refractivity contribution in [1.29, 1.82) is 0 Å². The zero-order valence-corrected chi connectivity index (χ0v) is 12.9. The molecular formula is C18H29NO. The molecule has 2 heteroatoms. The van der Waals surface area contributed by atoms with Gasteiger partial charge < -0.3 is 9.64 Å². The van der Waals surface area contributed by atoms with E-state index in [9.17, 15) is 0 Å². The molecule has 1 saturated heterocycles. The standard InChI is InChI=1S/C18H29NO/c1-2-20-15-9-12-18(17-10-5-3-6-11-17)16-19-13-7-4-8-14-19/h3,5-6,10-11,18H,2,4,7-9,12-16H2,1H3/t18-/m1/s1. The van der Waals surface area contributed by atoms with Gasteiger partial charge in [-0.3, -0.25) is 0 Å². The lowest BCUT2D eigenvalue weighted by molar-refractivity contribution is 0.138. The second-order valence-electron chi connectivity index (χ2n) is 5.81. The molecule has 1 heterocycles. The van der Waals surface area contributed by atoms with Crippen LogP contribution in [0.2, 0.25) is 0 Å². The van der Waals surface area contributed by atoms with Crippen molar-refractivity contribution in [2.45, 2.75) is 44.9 Å². The summed E-state index contributed by atoms with van der Waals surface area (Å²) in [4.78, 5) is 2.65. The van der Waals surface area contributed by atoms with Crippen molar-refractivity contribution < 1.29 is 4.74 Å². The molecule has 20 heavy (non-hydrogen) atoms. The van der Waals surface area contributed by atoms with Crippen LogP contribution in [0.3, 0.4) is 0 Å². The normalized spacial score (nSPS) is 18.1. The molecule has 1 atom stereocenters. The van der Waals surface area contributed by atoms with Crippen molar-refractivity contribution in [2.24, 2.45) is 0 Å². The van der Waals surface area contributed by atoms with E-state index in [1.807, 2.05) is 0 Å². The van der Waals surface area contributed by atoms with E-state index in [-0.39, 0.29) is 0 Å². The van der Waals surface area contributed by atoms with Crippen LogP contribution in [0.4, 0.5) is 0 Å². The van der Waals surface area contributed by atoms with Gasteiger partial charge in [0.15, 0.2) is 0 Å². The summed E-state index contributed by atoms with van der Waals surface area (Å²) in [5.41, 5.74) is 1.49. The van der Waals surface area contributed by atoms with Crippen LogP contribution >= 0.6 is 0 Å². The van der Waals surface area contributed by atoms with Gasteiger partial charge in [-0.2, -0.15) is 0 Å². The molecule has 0 aliphatic carbocycles. The van der Waals surface area contributed by atoms with Crippen LogP contribution in [0.1, 0.15) is 50.5 Å². The lowest BCUT2D eigenvalue weighted by Gasteiger charge is -2.30. The molecule has 1 aliphatic heterocycles. The van der Waals surface area contributed by atoms with Gasteiger partial charge in [0.1, 0.15) is 0 Å². The van der Waals surface area contributed by atoms with E-state index in [4.69, 9.17) is 4.74 Å². The predicted molar refractivity (Wildman–Crippen MR) is 85.2 cm³/mol. The van der Waals surface area contributed by atoms with Gasteiger partial charge in [-0.1, -0.05) is 36.8 Å². The Bertz CT molecular complexity index is 346. The Morgan fingerprint density at radius 2 is 1.85 bits per heavy atom. The van der Waals surface area contributed by atoms with Crippen LogP contribution in [0.15, 0.2) is 30.3 Å². The van der Waals surface area contributed by atoms with E-state index in [1.54, 1.807) is 0 Å². The molecule has 0 saturated carbocycles. The first kappa shape index (κ1) is 15.5. The molecule has 0 bridgehead atoms. The zero-order valence-electron chi connectivity index (χ0n) is 12.9. The van der Waals surface area contributed by atoms with Crippen LogP contribution in [0.5, 0.6) is 0 Å². The molecule has 112 valence electrons. The molecule has 1 aromatic rings. The number of ether oxygens (including phenoxy) is 1. The van der Waals surface area contributed by atoms with E-state index in [0.717, 1.165) is 13.2 Å². The van der Waals surface area contributed by atoms with Crippen molar-refractivity contribution in [3.63, 3.8) is 0 Å². The molecule has 1 aromatic carbocycles. The third-order valence-electron chi connectivity index (χ3n) is 4.24. The summed E-state index contributed by atoms with van der Waals surface area (Å²) in [6.45, 7) is 7.60. The van der Waals surface area contributed by atoms with Gasteiger partial charge in [0.2, 0.25) is 0 Å². The molecule has 0 amide bonds. The Morgan fingerprint density at radius 3 is 2.55 bits per heavy atom. The SMILES string of the molecule is CCOCCC[C@H](CN1CCCCC1)c1ccccc1. The lowest BCUT2D eigenvalue weighted by Crippen LogP contribution is -2.33. The fourth-order valence-electron chi connectivity index (χ4n) is 3.12. The molecule has 1 fully saturated rings. The first-order valence-corrected chi connectivity index (χ1v) is 8.25. The van der Waals surface area contributed by atoms with Gasteiger partial charge in [-0.25, -0.2) is 0 Å². The average Bonchev–Trinajstić information content (AvgIpc) is 2.52. The molecule has 0 spiro atoms. The molecular weight excluding hydrogens is 246 g/mol. The Balaban J connectivity index is 1.89. The predicted octanol–water partition coefficient (Wildman–Crippen LogP) is 4.07. The van der Waals surface area contributed by atoms with Crippen molar-refractivity contribution in [1.82, 2.24) is 4.90 Å². The summed E-state index contributed by atoms with van der Waals surface area (Å²) in [5, 5.41) is 0. The molecule has 0 aromatic heterocycles. The quantitative estimate of drug-likeness (QED) is 0.663. The average molecular weight is 275 g/mol. The molecule has 0 radical (unpaired) electrons. The molecule has 2 nitrogen and oxygen atoms in total. The largest absolute Gasteiger partial charge is 0.382 e. The van der Waals surface area contributed by atoms with Crippen LogP contribution < -0.4 is 0 Å². The summed E-state index contributed by atoms with van der Waals surface area (Å²) < 4.78 is 5.50. The summed E-state index contributed by atoms with van der Waals surface area (Å²) in [7, 11) is 0. The summed E-state index contributed by atoms with van der Waals surface area (Å²) >= 11 is 0. The van der Waals surface area contributed by atoms with Crippen LogP contribution in [0.25, 0.3) is 0 Å². The smallest absolute Gasteiger partial charge is 0.0466 e. The van der Waals surface area contributed by atoms with E-state index < -0.39 is 0 Å². The van der Waals surface area contributed by atoms with Crippen LogP contribution in [-0.2, 0) is 4.74 Å².